The Morgan fingerprint density at radius 1 is 1.00 bits per heavy atom. The van der Waals surface area contributed by atoms with E-state index in [9.17, 15) is 0 Å². The molecule has 1 aromatic carbocycles. The summed E-state index contributed by atoms with van der Waals surface area (Å²) in [4.78, 5) is 0. The van der Waals surface area contributed by atoms with Crippen LogP contribution in [0.4, 0.5) is 5.69 Å². The van der Waals surface area contributed by atoms with E-state index < -0.39 is 0 Å². The summed E-state index contributed by atoms with van der Waals surface area (Å²) >= 11 is 0. The second-order valence-electron chi connectivity index (χ2n) is 4.39. The molecular formula is C13H21NO. The van der Waals surface area contributed by atoms with Crippen LogP contribution < -0.4 is 5.73 Å². The molecule has 2 unspecified atom stereocenters. The maximum absolute atomic E-state index is 5.90. The third kappa shape index (κ3) is 3.56. The molecule has 2 atom stereocenters. The van der Waals surface area contributed by atoms with Crippen molar-refractivity contribution >= 4 is 5.69 Å². The second kappa shape index (κ2) is 5.17. The Morgan fingerprint density at radius 2 is 1.53 bits per heavy atom. The Bertz CT molecular complexity index is 292. The molecule has 84 valence electrons. The Kier molecular flexibility index (Phi) is 4.15. The van der Waals surface area contributed by atoms with Crippen molar-refractivity contribution in [2.75, 3.05) is 5.73 Å². The first kappa shape index (κ1) is 12.1. The molecule has 0 spiro atoms. The van der Waals surface area contributed by atoms with Gasteiger partial charge in [0.25, 0.3) is 0 Å². The lowest BCUT2D eigenvalue weighted by molar-refractivity contribution is -0.0172. The van der Waals surface area contributed by atoms with E-state index in [0.29, 0.717) is 5.92 Å². The van der Waals surface area contributed by atoms with Gasteiger partial charge in [-0.3, -0.25) is 0 Å². The molecule has 0 bridgehead atoms. The lowest BCUT2D eigenvalue weighted by Crippen LogP contribution is -2.17. The summed E-state index contributed by atoms with van der Waals surface area (Å²) in [6.45, 7) is 8.52. The molecule has 1 rings (SSSR count). The minimum absolute atomic E-state index is 0.128. The summed E-state index contributed by atoms with van der Waals surface area (Å²) < 4.78 is 5.90. The number of nitrogen functional groups attached to an aromatic ring is 1. The zero-order chi connectivity index (χ0) is 11.4. The average Bonchev–Trinajstić information content (AvgIpc) is 2.18. The molecule has 0 fully saturated rings. The van der Waals surface area contributed by atoms with Crippen molar-refractivity contribution in [1.29, 1.82) is 0 Å². The smallest absolute Gasteiger partial charge is 0.0800 e. The van der Waals surface area contributed by atoms with Gasteiger partial charge in [0.1, 0.15) is 0 Å². The number of ether oxygens (including phenoxy) is 1. The Hall–Kier alpha value is -1.02. The maximum atomic E-state index is 5.90. The lowest BCUT2D eigenvalue weighted by atomic mass is 10.1. The summed E-state index contributed by atoms with van der Waals surface area (Å²) in [6.07, 6.45) is 0.403. The molecule has 0 radical (unpaired) electrons. The van der Waals surface area contributed by atoms with E-state index in [4.69, 9.17) is 10.5 Å². The van der Waals surface area contributed by atoms with Crippen LogP contribution in [0.2, 0.25) is 0 Å². The number of hydrogen-bond donors (Lipinski definition) is 1. The van der Waals surface area contributed by atoms with Crippen molar-refractivity contribution in [3.8, 4) is 0 Å². The monoisotopic (exact) mass is 207 g/mol. The highest BCUT2D eigenvalue weighted by molar-refractivity contribution is 5.39. The summed E-state index contributed by atoms with van der Waals surface area (Å²) in [5, 5.41) is 0. The highest BCUT2D eigenvalue weighted by Crippen LogP contribution is 2.21. The molecule has 0 aliphatic rings. The van der Waals surface area contributed by atoms with Gasteiger partial charge in [-0.1, -0.05) is 26.0 Å². The van der Waals surface area contributed by atoms with Gasteiger partial charge >= 0.3 is 0 Å². The molecule has 2 N–H and O–H groups in total. The molecular weight excluding hydrogens is 186 g/mol. The topological polar surface area (TPSA) is 35.2 Å². The van der Waals surface area contributed by atoms with Crippen LogP contribution >= 0.6 is 0 Å². The van der Waals surface area contributed by atoms with Gasteiger partial charge in [0.2, 0.25) is 0 Å². The van der Waals surface area contributed by atoms with Crippen molar-refractivity contribution < 1.29 is 4.74 Å². The van der Waals surface area contributed by atoms with Crippen LogP contribution in [0.1, 0.15) is 39.4 Å². The van der Waals surface area contributed by atoms with Gasteiger partial charge in [-0.25, -0.2) is 0 Å². The second-order valence-corrected chi connectivity index (χ2v) is 4.39. The van der Waals surface area contributed by atoms with E-state index in [-0.39, 0.29) is 12.2 Å². The molecule has 0 saturated heterocycles. The fraction of sp³-hybridized carbons (Fsp3) is 0.538. The van der Waals surface area contributed by atoms with E-state index in [1.807, 2.05) is 24.3 Å². The standard InChI is InChI=1S/C13H21NO/c1-9(2)10(3)15-11(4)12-5-7-13(14)8-6-12/h5-11H,14H2,1-4H3. The average molecular weight is 207 g/mol. The lowest BCUT2D eigenvalue weighted by Gasteiger charge is -2.22. The quantitative estimate of drug-likeness (QED) is 0.768. The number of rotatable bonds is 4. The van der Waals surface area contributed by atoms with E-state index in [2.05, 4.69) is 27.7 Å². The number of anilines is 1. The van der Waals surface area contributed by atoms with Gasteiger partial charge < -0.3 is 10.5 Å². The largest absolute Gasteiger partial charge is 0.399 e. The molecule has 0 amide bonds. The van der Waals surface area contributed by atoms with E-state index >= 15 is 0 Å². The van der Waals surface area contributed by atoms with Gasteiger partial charge in [-0.15, -0.1) is 0 Å². The number of hydrogen-bond acceptors (Lipinski definition) is 2. The first-order valence-corrected chi connectivity index (χ1v) is 5.51. The van der Waals surface area contributed by atoms with E-state index in [1.165, 1.54) is 5.56 Å². The first-order chi connectivity index (χ1) is 7.00. The summed E-state index contributed by atoms with van der Waals surface area (Å²) in [7, 11) is 0. The van der Waals surface area contributed by atoms with Gasteiger partial charge in [-0.05, 0) is 37.5 Å². The Balaban J connectivity index is 2.61. The van der Waals surface area contributed by atoms with Gasteiger partial charge in [0, 0.05) is 5.69 Å². The highest BCUT2D eigenvalue weighted by Gasteiger charge is 2.13. The van der Waals surface area contributed by atoms with Crippen molar-refractivity contribution in [1.82, 2.24) is 0 Å². The summed E-state index contributed by atoms with van der Waals surface area (Å²) in [6, 6.07) is 7.87. The molecule has 0 aliphatic heterocycles. The normalized spacial score (nSPS) is 15.3. The summed E-state index contributed by atoms with van der Waals surface area (Å²) in [5.74, 6) is 0.543. The summed E-state index contributed by atoms with van der Waals surface area (Å²) in [5.41, 5.74) is 7.61. The molecule has 1 aromatic rings. The van der Waals surface area contributed by atoms with Crippen molar-refractivity contribution in [3.05, 3.63) is 29.8 Å². The molecule has 15 heavy (non-hydrogen) atoms. The predicted octanol–water partition coefficient (Wildman–Crippen LogP) is 3.39. The molecule has 0 saturated carbocycles. The highest BCUT2D eigenvalue weighted by atomic mass is 16.5. The third-order valence-corrected chi connectivity index (χ3v) is 2.76. The van der Waals surface area contributed by atoms with Crippen LogP contribution in [0.25, 0.3) is 0 Å². The molecule has 2 heteroatoms. The fourth-order valence-electron chi connectivity index (χ4n) is 1.32. The van der Waals surface area contributed by atoms with Crippen LogP contribution in [0.3, 0.4) is 0 Å². The Labute approximate surface area is 92.4 Å². The van der Waals surface area contributed by atoms with Crippen molar-refractivity contribution in [3.63, 3.8) is 0 Å². The molecule has 0 aliphatic carbocycles. The van der Waals surface area contributed by atoms with Gasteiger partial charge in [0.15, 0.2) is 0 Å². The zero-order valence-electron chi connectivity index (χ0n) is 10.0. The van der Waals surface area contributed by atoms with Crippen LogP contribution in [0.15, 0.2) is 24.3 Å². The zero-order valence-corrected chi connectivity index (χ0v) is 10.0. The first-order valence-electron chi connectivity index (χ1n) is 5.51. The van der Waals surface area contributed by atoms with Crippen molar-refractivity contribution in [2.45, 2.75) is 39.9 Å². The van der Waals surface area contributed by atoms with Crippen LogP contribution in [-0.2, 0) is 4.74 Å². The van der Waals surface area contributed by atoms with E-state index in [1.54, 1.807) is 0 Å². The fourth-order valence-corrected chi connectivity index (χ4v) is 1.32. The maximum Gasteiger partial charge on any atom is 0.0800 e. The predicted molar refractivity (Wildman–Crippen MR) is 64.7 cm³/mol. The molecule has 2 nitrogen and oxygen atoms in total. The number of benzene rings is 1. The molecule has 0 aromatic heterocycles. The van der Waals surface area contributed by atoms with E-state index in [0.717, 1.165) is 5.69 Å². The SMILES string of the molecule is CC(OC(C)C(C)C)c1ccc(N)cc1. The van der Waals surface area contributed by atoms with Crippen LogP contribution in [-0.4, -0.2) is 6.10 Å². The molecule has 0 heterocycles. The Morgan fingerprint density at radius 3 is 2.00 bits per heavy atom. The van der Waals surface area contributed by atoms with Gasteiger partial charge in [-0.2, -0.15) is 0 Å². The van der Waals surface area contributed by atoms with Crippen LogP contribution in [0.5, 0.6) is 0 Å². The van der Waals surface area contributed by atoms with Crippen molar-refractivity contribution in [2.24, 2.45) is 5.92 Å². The minimum Gasteiger partial charge on any atom is -0.399 e. The van der Waals surface area contributed by atoms with Crippen LogP contribution in [0, 0.1) is 5.92 Å². The van der Waals surface area contributed by atoms with Gasteiger partial charge in [0.05, 0.1) is 12.2 Å². The number of nitrogens with two attached hydrogens (primary N) is 1. The third-order valence-electron chi connectivity index (χ3n) is 2.76. The minimum atomic E-state index is 0.128.